The Morgan fingerprint density at radius 1 is 0.321 bits per heavy atom. The molecule has 0 aliphatic heterocycles. The zero-order chi connectivity index (χ0) is 104. The van der Waals surface area contributed by atoms with Crippen molar-refractivity contribution < 1.29 is 82.4 Å². The van der Waals surface area contributed by atoms with Crippen molar-refractivity contribution in [1.29, 1.82) is 27.0 Å². The summed E-state index contributed by atoms with van der Waals surface area (Å²) in [7, 11) is 0. The molecule has 0 heterocycles. The fourth-order valence-electron chi connectivity index (χ4n) is 14.2. The van der Waals surface area contributed by atoms with Gasteiger partial charge in [0.25, 0.3) is 0 Å². The summed E-state index contributed by atoms with van der Waals surface area (Å²) < 4.78 is 0. The van der Waals surface area contributed by atoms with E-state index in [4.69, 9.17) is 78.6 Å². The number of carbonyl (C=O) groups is 14. The first kappa shape index (κ1) is 118. The van der Waals surface area contributed by atoms with Crippen LogP contribution in [0.4, 0.5) is 4.79 Å². The van der Waals surface area contributed by atoms with Crippen molar-refractivity contribution in [2.45, 2.75) is 220 Å². The van der Waals surface area contributed by atoms with E-state index in [0.29, 0.717) is 42.4 Å². The van der Waals surface area contributed by atoms with E-state index in [9.17, 15) is 72.9 Å². The molecule has 0 aromatic heterocycles. The molecular formula is C89H142N32O17S2. The molecule has 4 rings (SSSR count). The van der Waals surface area contributed by atoms with Crippen molar-refractivity contribution >= 4 is 149 Å². The number of carboxylic acids is 1. The van der Waals surface area contributed by atoms with Gasteiger partial charge in [-0.2, -0.15) is 25.3 Å². The van der Waals surface area contributed by atoms with Gasteiger partial charge in [0.2, 0.25) is 70.9 Å². The Morgan fingerprint density at radius 2 is 0.607 bits per heavy atom. The van der Waals surface area contributed by atoms with Gasteiger partial charge in [0, 0.05) is 76.1 Å². The van der Waals surface area contributed by atoms with Crippen LogP contribution in [0.3, 0.4) is 0 Å². The summed E-state index contributed by atoms with van der Waals surface area (Å²) in [6.07, 6.45) is 4.02. The first-order valence-electron chi connectivity index (χ1n) is 46.0. The number of aliphatic carboxylic acids is 1. The number of phenols is 2. The van der Waals surface area contributed by atoms with Gasteiger partial charge in [0.1, 0.15) is 78.0 Å². The van der Waals surface area contributed by atoms with E-state index in [1.807, 2.05) is 30.3 Å². The molecule has 51 heteroatoms. The second-order valence-electron chi connectivity index (χ2n) is 33.3. The maximum Gasteiger partial charge on any atom is 0.326 e. The maximum absolute atomic E-state index is 15.2. The smallest absolute Gasteiger partial charge is 0.326 e. The second-order valence-corrected chi connectivity index (χ2v) is 34.0. The van der Waals surface area contributed by atoms with Crippen molar-refractivity contribution in [1.82, 2.24) is 95.7 Å². The van der Waals surface area contributed by atoms with Crippen LogP contribution in [-0.4, -0.2) is 270 Å². The maximum atomic E-state index is 15.2. The zero-order valence-electron chi connectivity index (χ0n) is 78.5. The van der Waals surface area contributed by atoms with Gasteiger partial charge in [-0.1, -0.05) is 85.8 Å². The van der Waals surface area contributed by atoms with E-state index in [0.717, 1.165) is 10.8 Å². The van der Waals surface area contributed by atoms with E-state index >= 15 is 9.59 Å². The summed E-state index contributed by atoms with van der Waals surface area (Å²) in [6, 6.07) is 4.63. The number of rotatable bonds is 67. The predicted molar refractivity (Wildman–Crippen MR) is 534 cm³/mol. The number of thiol groups is 2. The Bertz CT molecular complexity index is 4800. The minimum atomic E-state index is -1.60. The number of fused-ring (bicyclic) bond motifs is 1. The Balaban J connectivity index is 1.70. The number of carbonyl (C=O) groups excluding carboxylic acids is 13. The summed E-state index contributed by atoms with van der Waals surface area (Å²) in [5.41, 5.74) is 52.3. The molecule has 4 aromatic carbocycles. The number of hydrogen-bond donors (Lipinski definition) is 37. The van der Waals surface area contributed by atoms with Gasteiger partial charge < -0.3 is 163 Å². The van der Waals surface area contributed by atoms with Crippen LogP contribution in [0.1, 0.15) is 139 Å². The highest BCUT2D eigenvalue weighted by molar-refractivity contribution is 7.80. The molecule has 140 heavy (non-hydrogen) atoms. The summed E-state index contributed by atoms with van der Waals surface area (Å²) in [5.74, 6) is -16.1. The summed E-state index contributed by atoms with van der Waals surface area (Å²) in [4.78, 5) is 199. The first-order valence-corrected chi connectivity index (χ1v) is 47.3. The number of guanidine groups is 5. The summed E-state index contributed by atoms with van der Waals surface area (Å²) in [5, 5.41) is 118. The normalized spacial score (nSPS) is 14.0. The SMILES string of the molecule is C[C@H](/C=C/[C@@H](CCCCN)NC(=O)[C@H](CCCCN)NC(=O)[C@H](CCCNC(=N)N)NC(=O)[C@H](Cc1ccc(O)cc1)NC(=O)[C@H](CS)NC(=O)[C@H](Cc1ccc2ccccc2c1)NC(=O)[C@H](CCCNC(=N)N)NC(=O)[C@@H](N)CCCNC(=N)N)C(=O)N[C@@H](Cc1ccc(O)cc1)C(=O)N[C@@H](CCCNC(=N)N)C(=O)N[C@@H](CCCNC(N)=O)C(=O)N[C@@H](CS)C(=O)N[C@@H](CCCNC(=N)N)C(=O)O. The molecule has 0 spiro atoms. The number of unbranched alkanes of at least 4 members (excludes halogenated alkanes) is 2. The molecule has 0 aliphatic carbocycles. The van der Waals surface area contributed by atoms with Crippen LogP contribution in [-0.2, 0) is 81.6 Å². The van der Waals surface area contributed by atoms with Crippen LogP contribution in [0.15, 0.2) is 103 Å². The number of primary amides is 1. The number of nitrogens with one attached hydrogen (secondary N) is 23. The lowest BCUT2D eigenvalue weighted by Crippen LogP contribution is -2.61. The Kier molecular flexibility index (Phi) is 54.7. The Hall–Kier alpha value is -14.2. The van der Waals surface area contributed by atoms with Crippen LogP contribution >= 0.6 is 25.3 Å². The highest BCUT2D eigenvalue weighted by Gasteiger charge is 2.38. The third-order valence-electron chi connectivity index (χ3n) is 21.9. The van der Waals surface area contributed by atoms with E-state index < -0.39 is 185 Å². The Morgan fingerprint density at radius 3 is 0.971 bits per heavy atom. The molecule has 0 unspecified atom stereocenters. The topological polar surface area (TPSA) is 870 Å². The van der Waals surface area contributed by atoms with Gasteiger partial charge in [-0.05, 0) is 180 Å². The zero-order valence-corrected chi connectivity index (χ0v) is 80.3. The Labute approximate surface area is 822 Å². The molecule has 772 valence electrons. The highest BCUT2D eigenvalue weighted by Crippen LogP contribution is 2.21. The number of hydrogen-bond acceptors (Lipinski definition) is 26. The van der Waals surface area contributed by atoms with E-state index in [-0.39, 0.29) is 197 Å². The number of benzene rings is 4. The minimum absolute atomic E-state index is 0.00345. The van der Waals surface area contributed by atoms with Crippen LogP contribution in [0, 0.1) is 33.0 Å². The average molecular weight is 2000 g/mol. The molecule has 0 radical (unpaired) electrons. The van der Waals surface area contributed by atoms with E-state index in [2.05, 4.69) is 121 Å². The van der Waals surface area contributed by atoms with Crippen LogP contribution in [0.25, 0.3) is 10.8 Å². The largest absolute Gasteiger partial charge is 0.508 e. The molecule has 14 atom stereocenters. The van der Waals surface area contributed by atoms with Crippen molar-refractivity contribution in [3.8, 4) is 11.5 Å². The monoisotopic (exact) mass is 2000 g/mol. The molecule has 0 saturated heterocycles. The minimum Gasteiger partial charge on any atom is -0.508 e. The number of amides is 14. The van der Waals surface area contributed by atoms with Crippen LogP contribution in [0.5, 0.6) is 11.5 Å². The summed E-state index contributed by atoms with van der Waals surface area (Å²) in [6.45, 7) is 2.23. The quantitative estimate of drug-likeness (QED) is 0.00645. The number of nitrogens with two attached hydrogens (primary N) is 9. The first-order chi connectivity index (χ1) is 66.6. The van der Waals surface area contributed by atoms with E-state index in [1.165, 1.54) is 67.6 Å². The fraction of sp³-hybridized carbons (Fsp3) is 0.517. The lowest BCUT2D eigenvalue weighted by molar-refractivity contribution is -0.142. The molecule has 49 nitrogen and oxygen atoms in total. The highest BCUT2D eigenvalue weighted by atomic mass is 32.1. The van der Waals surface area contributed by atoms with Gasteiger partial charge >= 0.3 is 12.0 Å². The third kappa shape index (κ3) is 47.2. The molecule has 0 bridgehead atoms. The third-order valence-corrected chi connectivity index (χ3v) is 22.6. The average Bonchev–Trinajstić information content (AvgIpc) is 0.828. The van der Waals surface area contributed by atoms with Gasteiger partial charge in [0.15, 0.2) is 29.8 Å². The number of phenolic OH excluding ortho intramolecular Hbond substituents is 2. The van der Waals surface area contributed by atoms with Gasteiger partial charge in [-0.15, -0.1) is 0 Å². The van der Waals surface area contributed by atoms with Crippen LogP contribution < -0.4 is 147 Å². The van der Waals surface area contributed by atoms with Gasteiger partial charge in [-0.3, -0.25) is 84.6 Å². The van der Waals surface area contributed by atoms with Crippen molar-refractivity contribution in [2.24, 2.45) is 57.5 Å². The summed E-state index contributed by atoms with van der Waals surface area (Å²) >= 11 is 8.69. The van der Waals surface area contributed by atoms with Gasteiger partial charge in [0.05, 0.1) is 12.0 Å². The number of carboxylic acid groups (broad SMARTS) is 1. The molecular weight excluding hydrogens is 1850 g/mol. The lowest BCUT2D eigenvalue weighted by Gasteiger charge is -2.28. The second kappa shape index (κ2) is 64.8. The lowest BCUT2D eigenvalue weighted by atomic mass is 10.00. The molecule has 0 saturated carbocycles. The molecule has 0 aliphatic rings. The van der Waals surface area contributed by atoms with Crippen LogP contribution in [0.2, 0.25) is 0 Å². The van der Waals surface area contributed by atoms with Crippen molar-refractivity contribution in [2.75, 3.05) is 63.9 Å². The van der Waals surface area contributed by atoms with Crippen molar-refractivity contribution in [3.05, 3.63) is 120 Å². The number of urea groups is 1. The standard InChI is InChI=1S/C89H142N32O17S2/c1-50(71(124)117-66(45-51-26-32-57(122)33-27-51)78(131)114-63(21-11-41-107-87(99)100)75(128)113-64(22-12-43-109-89(103)138)77(130)120-69(48-139)81(134)116-65(83(136)137)23-13-42-108-88(101)102)24-31-56(16-4-6-36-90)110-73(126)60(18-5-7-37-91)112-74(127)62(20-10-40-106-86(97)98)115-79(132)67(46-52-28-34-58(123)35-29-52)119-82(135)70(49-140)121-80(133)68(47-53-25-30-54-14-2-3-15-55(54)44-53)118-76(129)61(19-9-39-105-85(95)96)111-72(125)59(92)17-8-38-104-84(93)94/h2-3,14-15,24-35,44,50,56,59-70,122-123,139-140H,4-13,16-23,36-43,45-49,90-92H2,1H3,(H,110,126)(H,111,125)(H,112,127)(H,113,128)(H,114,131)(H,115,132)(H,116,134)(H,117,124)(H,118,129)(H,119,135)(H,120,130)(H,121,133)(H,136,137)(H4,93,94,104)(H4,95,96,105)(H4,97,98,106)(H4,99,100,107)(H4,101,102,108)(H3,103,109,138)/b31-24+/t50-,56-,59+,60+,61+,62+,63+,64+,65+,66+,67+,68+,69+,70+/m1/s1. The fourth-order valence-corrected chi connectivity index (χ4v) is 14.7. The molecule has 14 amide bonds. The molecule has 4 aromatic rings. The number of aromatic hydroxyl groups is 2. The van der Waals surface area contributed by atoms with Crippen molar-refractivity contribution in [3.63, 3.8) is 0 Å². The molecule has 44 N–H and O–H groups in total. The predicted octanol–water partition coefficient (Wildman–Crippen LogP) is -5.42. The van der Waals surface area contributed by atoms with Gasteiger partial charge in [-0.25, -0.2) is 9.59 Å². The van der Waals surface area contributed by atoms with E-state index in [1.54, 1.807) is 12.1 Å². The molecule has 0 fully saturated rings.